The van der Waals surface area contributed by atoms with Gasteiger partial charge in [-0.3, -0.25) is 0 Å². The minimum absolute atomic E-state index is 0.151. The molecular weight excluding hydrogens is 615 g/mol. The molecule has 1 atom stereocenters. The highest BCUT2D eigenvalue weighted by molar-refractivity contribution is 5.80. The van der Waals surface area contributed by atoms with Crippen LogP contribution in [0.15, 0.2) is 194 Å². The summed E-state index contributed by atoms with van der Waals surface area (Å²) in [4.78, 5) is 0. The molecule has 1 aliphatic carbocycles. The molecule has 0 saturated carbocycles. The van der Waals surface area contributed by atoms with Crippen LogP contribution in [0.2, 0.25) is 0 Å². The summed E-state index contributed by atoms with van der Waals surface area (Å²) >= 11 is 0. The predicted octanol–water partition coefficient (Wildman–Crippen LogP) is 13.2. The lowest BCUT2D eigenvalue weighted by molar-refractivity contribution is 0.609. The van der Waals surface area contributed by atoms with Crippen molar-refractivity contribution in [3.63, 3.8) is 0 Å². The summed E-state index contributed by atoms with van der Waals surface area (Å²) in [7, 11) is 0. The van der Waals surface area contributed by atoms with Crippen LogP contribution < -0.4 is 0 Å². The summed E-state index contributed by atoms with van der Waals surface area (Å²) in [5, 5.41) is 10.0. The third-order valence-corrected chi connectivity index (χ3v) is 10.1. The first-order valence-corrected chi connectivity index (χ1v) is 17.5. The molecular formula is C50H37N. The SMILES string of the molecule is CC1(c2ccc(-c3ccccc3)cc2)C=CC=C(c2cc(C#N)cc(-c3ccc(-c4cccc(-c5ccc(-c6ccccc6)cc5)c4)cc3)c2)C1. The molecule has 0 spiro atoms. The van der Waals surface area contributed by atoms with Crippen molar-refractivity contribution in [2.75, 3.05) is 0 Å². The molecule has 1 unspecified atom stereocenters. The van der Waals surface area contributed by atoms with Gasteiger partial charge in [-0.15, -0.1) is 0 Å². The van der Waals surface area contributed by atoms with Crippen LogP contribution in [0.25, 0.3) is 61.2 Å². The molecule has 7 aromatic carbocycles. The van der Waals surface area contributed by atoms with Crippen LogP contribution in [-0.2, 0) is 5.41 Å². The Balaban J connectivity index is 1.02. The lowest BCUT2D eigenvalue weighted by Crippen LogP contribution is -2.21. The number of rotatable bonds is 7. The van der Waals surface area contributed by atoms with E-state index in [9.17, 15) is 5.26 Å². The van der Waals surface area contributed by atoms with Crippen LogP contribution in [0, 0.1) is 11.3 Å². The van der Waals surface area contributed by atoms with Crippen molar-refractivity contribution in [1.82, 2.24) is 0 Å². The van der Waals surface area contributed by atoms with Gasteiger partial charge in [0.25, 0.3) is 0 Å². The summed E-state index contributed by atoms with van der Waals surface area (Å²) < 4.78 is 0. The Morgan fingerprint density at radius 2 is 0.843 bits per heavy atom. The second-order valence-corrected chi connectivity index (χ2v) is 13.6. The van der Waals surface area contributed by atoms with E-state index in [4.69, 9.17) is 0 Å². The molecule has 0 N–H and O–H groups in total. The number of hydrogen-bond acceptors (Lipinski definition) is 1. The summed E-state index contributed by atoms with van der Waals surface area (Å²) in [6.07, 6.45) is 7.53. The molecule has 0 aromatic heterocycles. The van der Waals surface area contributed by atoms with Crippen LogP contribution in [-0.4, -0.2) is 0 Å². The lowest BCUT2D eigenvalue weighted by Gasteiger charge is -2.31. The van der Waals surface area contributed by atoms with E-state index in [-0.39, 0.29) is 5.41 Å². The summed E-state index contributed by atoms with van der Waals surface area (Å²) in [6, 6.07) is 64.9. The van der Waals surface area contributed by atoms with E-state index in [0.717, 1.165) is 28.7 Å². The average Bonchev–Trinajstić information content (AvgIpc) is 3.21. The molecule has 0 heterocycles. The van der Waals surface area contributed by atoms with Gasteiger partial charge in [0.2, 0.25) is 0 Å². The molecule has 51 heavy (non-hydrogen) atoms. The normalized spacial score (nSPS) is 15.2. The van der Waals surface area contributed by atoms with Crippen molar-refractivity contribution in [2.45, 2.75) is 18.8 Å². The number of hydrogen-bond donors (Lipinski definition) is 0. The van der Waals surface area contributed by atoms with E-state index in [2.05, 4.69) is 189 Å². The Labute approximate surface area is 301 Å². The highest BCUT2D eigenvalue weighted by Gasteiger charge is 2.28. The van der Waals surface area contributed by atoms with E-state index in [1.54, 1.807) is 0 Å². The third-order valence-electron chi connectivity index (χ3n) is 10.1. The van der Waals surface area contributed by atoms with Gasteiger partial charge in [0.1, 0.15) is 0 Å². The van der Waals surface area contributed by atoms with Crippen molar-refractivity contribution in [1.29, 1.82) is 5.26 Å². The van der Waals surface area contributed by atoms with Crippen molar-refractivity contribution < 1.29 is 0 Å². The summed E-state index contributed by atoms with van der Waals surface area (Å²) in [6.45, 7) is 2.30. The Kier molecular flexibility index (Phi) is 8.59. The molecule has 0 amide bonds. The fourth-order valence-electron chi connectivity index (χ4n) is 7.22. The maximum Gasteiger partial charge on any atom is 0.0992 e. The van der Waals surface area contributed by atoms with Crippen LogP contribution >= 0.6 is 0 Å². The Hall–Kier alpha value is -6.49. The molecule has 1 nitrogen and oxygen atoms in total. The lowest BCUT2D eigenvalue weighted by atomic mass is 9.73. The third kappa shape index (κ3) is 6.73. The van der Waals surface area contributed by atoms with Crippen molar-refractivity contribution in [3.05, 3.63) is 211 Å². The fraction of sp³-hybridized carbons (Fsp3) is 0.0600. The van der Waals surface area contributed by atoms with Crippen LogP contribution in [0.4, 0.5) is 0 Å². The Morgan fingerprint density at radius 3 is 1.37 bits per heavy atom. The van der Waals surface area contributed by atoms with Gasteiger partial charge in [-0.05, 0) is 103 Å². The quantitative estimate of drug-likeness (QED) is 0.168. The Bertz CT molecular complexity index is 2410. The molecule has 0 aliphatic heterocycles. The van der Waals surface area contributed by atoms with Crippen molar-refractivity contribution in [3.8, 4) is 61.7 Å². The predicted molar refractivity (Wildman–Crippen MR) is 214 cm³/mol. The van der Waals surface area contributed by atoms with Gasteiger partial charge in [0.15, 0.2) is 0 Å². The standard InChI is InChI=1S/C50H37N/c1-50(49-27-25-40(26-28-49)38-12-6-3-7-13-38)29-9-16-46(34-50)48-31-36(35-51)30-47(33-48)43-23-21-42(22-24-43)45-15-8-14-44(32-45)41-19-17-39(18-20-41)37-10-4-2-5-11-37/h2-33H,34H2,1H3. The molecule has 0 saturated heterocycles. The van der Waals surface area contributed by atoms with Gasteiger partial charge < -0.3 is 0 Å². The Morgan fingerprint density at radius 1 is 0.431 bits per heavy atom. The molecule has 0 radical (unpaired) electrons. The monoisotopic (exact) mass is 651 g/mol. The maximum absolute atomic E-state index is 10.0. The highest BCUT2D eigenvalue weighted by atomic mass is 14.3. The van der Waals surface area contributed by atoms with Gasteiger partial charge in [-0.1, -0.05) is 177 Å². The minimum atomic E-state index is -0.151. The minimum Gasteiger partial charge on any atom is -0.192 e. The first kappa shape index (κ1) is 31.8. The number of nitrogens with zero attached hydrogens (tertiary/aromatic N) is 1. The maximum atomic E-state index is 10.0. The first-order valence-electron chi connectivity index (χ1n) is 17.5. The van der Waals surface area contributed by atoms with Gasteiger partial charge in [-0.2, -0.15) is 5.26 Å². The van der Waals surface area contributed by atoms with E-state index in [0.29, 0.717) is 5.56 Å². The van der Waals surface area contributed by atoms with Crippen LogP contribution in [0.3, 0.4) is 0 Å². The number of nitriles is 1. The topological polar surface area (TPSA) is 23.8 Å². The smallest absolute Gasteiger partial charge is 0.0992 e. The van der Waals surface area contributed by atoms with Gasteiger partial charge in [0.05, 0.1) is 11.6 Å². The van der Waals surface area contributed by atoms with Crippen LogP contribution in [0.1, 0.15) is 30.0 Å². The van der Waals surface area contributed by atoms with E-state index >= 15 is 0 Å². The molecule has 1 heteroatoms. The molecule has 242 valence electrons. The molecule has 1 aliphatic rings. The fourth-order valence-corrected chi connectivity index (χ4v) is 7.22. The molecule has 0 fully saturated rings. The average molecular weight is 652 g/mol. The zero-order valence-corrected chi connectivity index (χ0v) is 28.6. The largest absolute Gasteiger partial charge is 0.192 e. The van der Waals surface area contributed by atoms with Gasteiger partial charge >= 0.3 is 0 Å². The molecule has 7 aromatic rings. The first-order chi connectivity index (χ1) is 25.0. The second-order valence-electron chi connectivity index (χ2n) is 13.6. The second kappa shape index (κ2) is 13.8. The van der Waals surface area contributed by atoms with E-state index < -0.39 is 0 Å². The number of allylic oxidation sites excluding steroid dienone is 4. The van der Waals surface area contributed by atoms with Crippen molar-refractivity contribution in [2.24, 2.45) is 0 Å². The van der Waals surface area contributed by atoms with E-state index in [1.165, 1.54) is 50.1 Å². The van der Waals surface area contributed by atoms with Crippen molar-refractivity contribution >= 4 is 5.57 Å². The summed E-state index contributed by atoms with van der Waals surface area (Å²) in [5.74, 6) is 0. The van der Waals surface area contributed by atoms with E-state index in [1.807, 2.05) is 18.2 Å². The van der Waals surface area contributed by atoms with Gasteiger partial charge in [0, 0.05) is 5.41 Å². The van der Waals surface area contributed by atoms with Gasteiger partial charge in [-0.25, -0.2) is 0 Å². The van der Waals surface area contributed by atoms with Crippen LogP contribution in [0.5, 0.6) is 0 Å². The molecule has 0 bridgehead atoms. The number of benzene rings is 7. The zero-order chi connectivity index (χ0) is 34.6. The summed E-state index contributed by atoms with van der Waals surface area (Å²) in [5.41, 5.74) is 15.9. The zero-order valence-electron chi connectivity index (χ0n) is 28.6. The molecule has 8 rings (SSSR count). The highest BCUT2D eigenvalue weighted by Crippen LogP contribution is 2.41.